The number of benzene rings is 1. The molecule has 3 atom stereocenters. The Morgan fingerprint density at radius 3 is 2.64 bits per heavy atom. The highest BCUT2D eigenvalue weighted by molar-refractivity contribution is 5.94. The third-order valence-electron chi connectivity index (χ3n) is 6.94. The molecule has 4 aliphatic heterocycles. The van der Waals surface area contributed by atoms with E-state index >= 15 is 0 Å². The number of carbonyl (C=O) groups is 1. The van der Waals surface area contributed by atoms with Gasteiger partial charge in [0, 0.05) is 37.0 Å². The van der Waals surface area contributed by atoms with Crippen molar-refractivity contribution < 1.29 is 4.79 Å². The molecule has 4 saturated heterocycles. The molecule has 7 rings (SSSR count). The molecule has 0 spiro atoms. The second-order valence-corrected chi connectivity index (χ2v) is 8.28. The topological polar surface area (TPSA) is 53.7 Å². The highest BCUT2D eigenvalue weighted by Crippen LogP contribution is 2.46. The molecule has 6 heteroatoms. The number of carbonyl (C=O) groups excluding carboxylic acids is 1. The van der Waals surface area contributed by atoms with Gasteiger partial charge in [0.1, 0.15) is 0 Å². The van der Waals surface area contributed by atoms with Crippen molar-refractivity contribution in [3.8, 4) is 0 Å². The van der Waals surface area contributed by atoms with Gasteiger partial charge >= 0.3 is 0 Å². The summed E-state index contributed by atoms with van der Waals surface area (Å²) in [4.78, 5) is 22.6. The fourth-order valence-electron chi connectivity index (χ4n) is 5.73. The first-order valence-electron chi connectivity index (χ1n) is 10.2. The summed E-state index contributed by atoms with van der Waals surface area (Å²) in [5.41, 5.74) is 2.56. The Morgan fingerprint density at radius 2 is 1.86 bits per heavy atom. The van der Waals surface area contributed by atoms with Crippen molar-refractivity contribution in [2.45, 2.75) is 30.8 Å². The van der Waals surface area contributed by atoms with E-state index < -0.39 is 0 Å². The van der Waals surface area contributed by atoms with Crippen molar-refractivity contribution in [3.63, 3.8) is 0 Å². The van der Waals surface area contributed by atoms with E-state index in [9.17, 15) is 4.79 Å². The van der Waals surface area contributed by atoms with Gasteiger partial charge in [-0.2, -0.15) is 5.10 Å². The fourth-order valence-corrected chi connectivity index (χ4v) is 5.73. The van der Waals surface area contributed by atoms with E-state index in [-0.39, 0.29) is 11.9 Å². The molecule has 2 aromatic heterocycles. The smallest absolute Gasteiger partial charge is 0.274 e. The summed E-state index contributed by atoms with van der Waals surface area (Å²) in [5, 5.41) is 4.50. The van der Waals surface area contributed by atoms with Crippen LogP contribution in [0.5, 0.6) is 0 Å². The first-order valence-corrected chi connectivity index (χ1v) is 10.2. The molecule has 0 unspecified atom stereocenters. The quantitative estimate of drug-likeness (QED) is 0.692. The van der Waals surface area contributed by atoms with Crippen molar-refractivity contribution >= 4 is 11.6 Å². The van der Waals surface area contributed by atoms with Crippen molar-refractivity contribution in [1.82, 2.24) is 24.4 Å². The maximum atomic E-state index is 13.5. The minimum absolute atomic E-state index is 0.0488. The average molecular weight is 373 g/mol. The number of aromatic nitrogens is 3. The van der Waals surface area contributed by atoms with Gasteiger partial charge in [0.2, 0.25) is 0 Å². The maximum Gasteiger partial charge on any atom is 0.274 e. The summed E-state index contributed by atoms with van der Waals surface area (Å²) in [7, 11) is 0. The number of fused-ring (bicyclic) bond motifs is 3. The standard InChI is InChI=1S/C22H23N5O/c28-22(18-13-19-23-9-4-10-27(19)24-18)26-14-17(15-5-2-1-3-6-15)21-20(26)16-7-11-25(21)12-8-16/h1-6,9-10,13,16-17,20-21H,7-8,11-12,14H2/t17-,20+,21+/m0/s1. The lowest BCUT2D eigenvalue weighted by molar-refractivity contribution is -0.00359. The van der Waals surface area contributed by atoms with Gasteiger partial charge in [-0.15, -0.1) is 0 Å². The zero-order valence-electron chi connectivity index (χ0n) is 15.7. The molecule has 6 nitrogen and oxygen atoms in total. The Bertz CT molecular complexity index is 991. The fraction of sp³-hybridized carbons (Fsp3) is 0.409. The number of hydrogen-bond donors (Lipinski definition) is 0. The number of rotatable bonds is 2. The van der Waals surface area contributed by atoms with Gasteiger partial charge in [-0.05, 0) is 43.5 Å². The molecule has 1 aromatic carbocycles. The second-order valence-electron chi connectivity index (χ2n) is 8.28. The van der Waals surface area contributed by atoms with E-state index in [1.165, 1.54) is 18.4 Å². The van der Waals surface area contributed by atoms with Crippen LogP contribution >= 0.6 is 0 Å². The van der Waals surface area contributed by atoms with E-state index in [4.69, 9.17) is 0 Å². The monoisotopic (exact) mass is 373 g/mol. The van der Waals surface area contributed by atoms with E-state index in [2.05, 4.69) is 50.2 Å². The predicted molar refractivity (Wildman–Crippen MR) is 105 cm³/mol. The molecule has 0 saturated carbocycles. The van der Waals surface area contributed by atoms with Crippen LogP contribution in [-0.2, 0) is 0 Å². The van der Waals surface area contributed by atoms with Crippen LogP contribution in [0.15, 0.2) is 54.9 Å². The molecular formula is C22H23N5O. The van der Waals surface area contributed by atoms with E-state index in [0.717, 1.165) is 25.3 Å². The van der Waals surface area contributed by atoms with Gasteiger partial charge in [-0.25, -0.2) is 9.50 Å². The molecule has 28 heavy (non-hydrogen) atoms. The van der Waals surface area contributed by atoms with Gasteiger partial charge in [0.25, 0.3) is 5.91 Å². The van der Waals surface area contributed by atoms with Crippen molar-refractivity contribution in [1.29, 1.82) is 0 Å². The van der Waals surface area contributed by atoms with Crippen LogP contribution in [0, 0.1) is 5.92 Å². The van der Waals surface area contributed by atoms with Crippen molar-refractivity contribution in [2.75, 3.05) is 19.6 Å². The minimum Gasteiger partial charge on any atom is -0.332 e. The molecular weight excluding hydrogens is 350 g/mol. The average Bonchev–Trinajstić information content (AvgIpc) is 3.38. The summed E-state index contributed by atoms with van der Waals surface area (Å²) in [5.74, 6) is 1.02. The molecule has 0 radical (unpaired) electrons. The maximum absolute atomic E-state index is 13.5. The minimum atomic E-state index is 0.0488. The number of piperidine rings is 3. The highest BCUT2D eigenvalue weighted by atomic mass is 16.2. The molecule has 0 aliphatic carbocycles. The van der Waals surface area contributed by atoms with E-state index in [1.807, 2.05) is 18.3 Å². The molecule has 0 N–H and O–H groups in total. The lowest BCUT2D eigenvalue weighted by atomic mass is 9.75. The summed E-state index contributed by atoms with van der Waals surface area (Å²) in [6, 6.07) is 15.1. The zero-order chi connectivity index (χ0) is 18.7. The summed E-state index contributed by atoms with van der Waals surface area (Å²) in [6.45, 7) is 3.09. The number of nitrogens with zero attached hydrogens (tertiary/aromatic N) is 5. The summed E-state index contributed by atoms with van der Waals surface area (Å²) >= 11 is 0. The Balaban J connectivity index is 1.39. The third-order valence-corrected chi connectivity index (χ3v) is 6.94. The van der Waals surface area contributed by atoms with Crippen LogP contribution in [0.3, 0.4) is 0 Å². The highest BCUT2D eigenvalue weighted by Gasteiger charge is 2.54. The molecule has 6 heterocycles. The van der Waals surface area contributed by atoms with Crippen LogP contribution in [0.2, 0.25) is 0 Å². The van der Waals surface area contributed by atoms with Crippen LogP contribution < -0.4 is 0 Å². The number of likely N-dealkylation sites (tertiary alicyclic amines) is 1. The molecule has 3 aromatic rings. The Labute approximate surface area is 163 Å². The van der Waals surface area contributed by atoms with E-state index in [1.54, 1.807) is 10.7 Å². The SMILES string of the molecule is O=C(c1cc2ncccn2n1)N1C[C@@H](c2ccccc2)[C@@H]2[C@H]1C1CCN2CC1. The van der Waals surface area contributed by atoms with Gasteiger partial charge in [0.05, 0.1) is 6.04 Å². The normalized spacial score (nSPS) is 31.3. The Hall–Kier alpha value is -2.73. The second kappa shape index (κ2) is 6.14. The predicted octanol–water partition coefficient (Wildman–Crippen LogP) is 2.43. The molecule has 1 amide bonds. The van der Waals surface area contributed by atoms with Gasteiger partial charge < -0.3 is 4.90 Å². The van der Waals surface area contributed by atoms with Gasteiger partial charge in [-0.3, -0.25) is 9.69 Å². The largest absolute Gasteiger partial charge is 0.332 e. The first-order chi connectivity index (χ1) is 13.8. The van der Waals surface area contributed by atoms with Gasteiger partial charge in [0.15, 0.2) is 11.3 Å². The van der Waals surface area contributed by atoms with Gasteiger partial charge in [-0.1, -0.05) is 30.3 Å². The lowest BCUT2D eigenvalue weighted by Crippen LogP contribution is -2.60. The van der Waals surface area contributed by atoms with Crippen LogP contribution in [0.25, 0.3) is 5.65 Å². The third kappa shape index (κ3) is 2.34. The molecule has 142 valence electrons. The van der Waals surface area contributed by atoms with Crippen LogP contribution in [0.1, 0.15) is 34.8 Å². The molecule has 2 bridgehead atoms. The van der Waals surface area contributed by atoms with Crippen molar-refractivity contribution in [2.24, 2.45) is 5.92 Å². The Morgan fingerprint density at radius 1 is 1.04 bits per heavy atom. The van der Waals surface area contributed by atoms with Crippen molar-refractivity contribution in [3.05, 3.63) is 66.1 Å². The Kier molecular flexibility index (Phi) is 3.56. The summed E-state index contributed by atoms with van der Waals surface area (Å²) < 4.78 is 1.69. The number of hydrogen-bond acceptors (Lipinski definition) is 4. The molecule has 4 fully saturated rings. The molecule has 4 aliphatic rings. The lowest BCUT2D eigenvalue weighted by Gasteiger charge is -2.51. The van der Waals surface area contributed by atoms with E-state index in [0.29, 0.717) is 23.6 Å². The first kappa shape index (κ1) is 16.2. The number of amides is 1. The summed E-state index contributed by atoms with van der Waals surface area (Å²) in [6.07, 6.45) is 5.96. The van der Waals surface area contributed by atoms with Crippen LogP contribution in [0.4, 0.5) is 0 Å². The van der Waals surface area contributed by atoms with Crippen LogP contribution in [-0.4, -0.2) is 62.0 Å². The zero-order valence-corrected chi connectivity index (χ0v) is 15.7.